The first-order valence-electron chi connectivity index (χ1n) is 6.15. The van der Waals surface area contributed by atoms with E-state index in [4.69, 9.17) is 0 Å². The molecule has 0 aliphatic heterocycles. The minimum absolute atomic E-state index is 0.127. The predicted molar refractivity (Wildman–Crippen MR) is 77.4 cm³/mol. The SMILES string of the molecule is CCCNc1cc(CSc2nccc(=O)[nH]2)ccn1. The zero-order valence-corrected chi connectivity index (χ0v) is 11.5. The maximum absolute atomic E-state index is 11.1. The number of aromatic amines is 1. The number of pyridine rings is 1. The third-order valence-electron chi connectivity index (χ3n) is 2.40. The fourth-order valence-corrected chi connectivity index (χ4v) is 2.28. The number of thioether (sulfide) groups is 1. The van der Waals surface area contributed by atoms with Gasteiger partial charge >= 0.3 is 0 Å². The number of aromatic nitrogens is 3. The number of anilines is 1. The van der Waals surface area contributed by atoms with Gasteiger partial charge in [0.15, 0.2) is 5.16 Å². The van der Waals surface area contributed by atoms with Crippen LogP contribution in [-0.4, -0.2) is 21.5 Å². The van der Waals surface area contributed by atoms with Crippen LogP contribution in [0.4, 0.5) is 5.82 Å². The Morgan fingerprint density at radius 1 is 1.32 bits per heavy atom. The number of hydrogen-bond donors (Lipinski definition) is 2. The topological polar surface area (TPSA) is 70.7 Å². The molecule has 100 valence electrons. The van der Waals surface area contributed by atoms with Gasteiger partial charge in [0.05, 0.1) is 0 Å². The highest BCUT2D eigenvalue weighted by Gasteiger charge is 2.00. The number of hydrogen-bond acceptors (Lipinski definition) is 5. The smallest absolute Gasteiger partial charge is 0.251 e. The second kappa shape index (κ2) is 6.94. The van der Waals surface area contributed by atoms with Crippen molar-refractivity contribution in [1.82, 2.24) is 15.0 Å². The van der Waals surface area contributed by atoms with Crippen LogP contribution in [0.1, 0.15) is 18.9 Å². The highest BCUT2D eigenvalue weighted by molar-refractivity contribution is 7.98. The Balaban J connectivity index is 1.97. The highest BCUT2D eigenvalue weighted by atomic mass is 32.2. The lowest BCUT2D eigenvalue weighted by Crippen LogP contribution is -2.05. The summed E-state index contributed by atoms with van der Waals surface area (Å²) in [6.07, 6.45) is 4.37. The maximum Gasteiger partial charge on any atom is 0.251 e. The summed E-state index contributed by atoms with van der Waals surface area (Å²) < 4.78 is 0. The van der Waals surface area contributed by atoms with E-state index < -0.39 is 0 Å². The average Bonchev–Trinajstić information content (AvgIpc) is 2.43. The number of nitrogens with one attached hydrogen (secondary N) is 2. The number of rotatable bonds is 6. The standard InChI is InChI=1S/C13H16N4OS/c1-2-5-14-11-8-10(3-6-15-11)9-19-13-16-7-4-12(18)17-13/h3-4,6-8H,2,5,9H2,1H3,(H,14,15)(H,16,17,18). The normalized spacial score (nSPS) is 10.4. The first-order chi connectivity index (χ1) is 9.28. The van der Waals surface area contributed by atoms with E-state index >= 15 is 0 Å². The van der Waals surface area contributed by atoms with Crippen LogP contribution in [0.2, 0.25) is 0 Å². The first kappa shape index (κ1) is 13.6. The molecule has 2 N–H and O–H groups in total. The summed E-state index contributed by atoms with van der Waals surface area (Å²) in [5.41, 5.74) is 1.02. The zero-order valence-electron chi connectivity index (χ0n) is 10.7. The van der Waals surface area contributed by atoms with Crippen molar-refractivity contribution < 1.29 is 0 Å². The largest absolute Gasteiger partial charge is 0.370 e. The summed E-state index contributed by atoms with van der Waals surface area (Å²) in [5, 5.41) is 3.88. The van der Waals surface area contributed by atoms with Gasteiger partial charge in [-0.15, -0.1) is 0 Å². The molecule has 2 heterocycles. The third-order valence-corrected chi connectivity index (χ3v) is 3.36. The van der Waals surface area contributed by atoms with E-state index in [9.17, 15) is 4.79 Å². The van der Waals surface area contributed by atoms with E-state index in [0.29, 0.717) is 5.16 Å². The molecule has 0 aromatic carbocycles. The maximum atomic E-state index is 11.1. The van der Waals surface area contributed by atoms with E-state index in [1.165, 1.54) is 24.0 Å². The van der Waals surface area contributed by atoms with Crippen molar-refractivity contribution in [2.24, 2.45) is 0 Å². The Bertz CT molecular complexity index is 585. The van der Waals surface area contributed by atoms with Crippen LogP contribution in [0, 0.1) is 0 Å². The Morgan fingerprint density at radius 2 is 2.16 bits per heavy atom. The van der Waals surface area contributed by atoms with E-state index in [-0.39, 0.29) is 5.56 Å². The second-order valence-corrected chi connectivity index (χ2v) is 4.97. The number of nitrogens with zero attached hydrogens (tertiary/aromatic N) is 2. The molecule has 0 amide bonds. The van der Waals surface area contributed by atoms with E-state index in [2.05, 4.69) is 27.2 Å². The first-order valence-corrected chi connectivity index (χ1v) is 7.13. The van der Waals surface area contributed by atoms with Gasteiger partial charge in [-0.05, 0) is 24.1 Å². The molecular formula is C13H16N4OS. The van der Waals surface area contributed by atoms with Gasteiger partial charge in [-0.3, -0.25) is 4.79 Å². The zero-order chi connectivity index (χ0) is 13.5. The molecule has 19 heavy (non-hydrogen) atoms. The molecule has 2 aromatic rings. The van der Waals surface area contributed by atoms with Gasteiger partial charge < -0.3 is 10.3 Å². The summed E-state index contributed by atoms with van der Waals surface area (Å²) in [4.78, 5) is 22.2. The van der Waals surface area contributed by atoms with Crippen LogP contribution in [0.25, 0.3) is 0 Å². The molecule has 6 heteroatoms. The molecule has 0 spiro atoms. The molecule has 0 aliphatic carbocycles. The van der Waals surface area contributed by atoms with Crippen molar-refractivity contribution in [3.63, 3.8) is 0 Å². The molecule has 5 nitrogen and oxygen atoms in total. The summed E-state index contributed by atoms with van der Waals surface area (Å²) in [6, 6.07) is 5.39. The Labute approximate surface area is 115 Å². The Morgan fingerprint density at radius 3 is 2.95 bits per heavy atom. The average molecular weight is 276 g/mol. The molecule has 0 atom stereocenters. The van der Waals surface area contributed by atoms with Gasteiger partial charge in [0.2, 0.25) is 0 Å². The quantitative estimate of drug-likeness (QED) is 0.625. The summed E-state index contributed by atoms with van der Waals surface area (Å²) >= 11 is 1.50. The van der Waals surface area contributed by atoms with Crippen LogP contribution in [-0.2, 0) is 5.75 Å². The molecular weight excluding hydrogens is 260 g/mol. The summed E-state index contributed by atoms with van der Waals surface area (Å²) in [7, 11) is 0. The molecule has 0 saturated heterocycles. The van der Waals surface area contributed by atoms with Crippen molar-refractivity contribution in [3.05, 3.63) is 46.5 Å². The van der Waals surface area contributed by atoms with Gasteiger partial charge in [-0.2, -0.15) is 0 Å². The van der Waals surface area contributed by atoms with Crippen LogP contribution in [0.15, 0.2) is 40.5 Å². The minimum atomic E-state index is -0.127. The predicted octanol–water partition coefficient (Wildman–Crippen LogP) is 2.28. The molecule has 0 saturated carbocycles. The molecule has 2 aromatic heterocycles. The fourth-order valence-electron chi connectivity index (χ4n) is 1.49. The van der Waals surface area contributed by atoms with E-state index in [1.54, 1.807) is 6.20 Å². The molecule has 0 bridgehead atoms. The van der Waals surface area contributed by atoms with E-state index in [1.807, 2.05) is 12.1 Å². The van der Waals surface area contributed by atoms with Crippen molar-refractivity contribution in [3.8, 4) is 0 Å². The van der Waals surface area contributed by atoms with Crippen molar-refractivity contribution in [2.45, 2.75) is 24.3 Å². The molecule has 0 radical (unpaired) electrons. The summed E-state index contributed by atoms with van der Waals surface area (Å²) in [6.45, 7) is 3.03. The number of H-pyrrole nitrogens is 1. The lowest BCUT2D eigenvalue weighted by atomic mass is 10.3. The van der Waals surface area contributed by atoms with Gasteiger partial charge in [0.1, 0.15) is 5.82 Å². The fraction of sp³-hybridized carbons (Fsp3) is 0.308. The molecule has 0 fully saturated rings. The van der Waals surface area contributed by atoms with E-state index in [0.717, 1.165) is 30.1 Å². The lowest BCUT2D eigenvalue weighted by Gasteiger charge is -2.06. The molecule has 2 rings (SSSR count). The minimum Gasteiger partial charge on any atom is -0.370 e. The second-order valence-electron chi connectivity index (χ2n) is 4.00. The Kier molecular flexibility index (Phi) is 4.97. The Hall–Kier alpha value is -1.82. The summed E-state index contributed by atoms with van der Waals surface area (Å²) in [5.74, 6) is 1.63. The van der Waals surface area contributed by atoms with Gasteiger partial charge in [0, 0.05) is 30.8 Å². The van der Waals surface area contributed by atoms with Crippen LogP contribution in [0.5, 0.6) is 0 Å². The van der Waals surface area contributed by atoms with Crippen LogP contribution in [0.3, 0.4) is 0 Å². The third kappa shape index (κ3) is 4.40. The highest BCUT2D eigenvalue weighted by Crippen LogP contribution is 2.18. The van der Waals surface area contributed by atoms with Crippen molar-refractivity contribution >= 4 is 17.6 Å². The van der Waals surface area contributed by atoms with Crippen molar-refractivity contribution in [1.29, 1.82) is 0 Å². The van der Waals surface area contributed by atoms with Crippen molar-refractivity contribution in [2.75, 3.05) is 11.9 Å². The lowest BCUT2D eigenvalue weighted by molar-refractivity contribution is 0.936. The van der Waals surface area contributed by atoms with Gasteiger partial charge in [0.25, 0.3) is 5.56 Å². The van der Waals surface area contributed by atoms with Crippen LogP contribution < -0.4 is 10.9 Å². The van der Waals surface area contributed by atoms with Gasteiger partial charge in [-0.1, -0.05) is 18.7 Å². The van der Waals surface area contributed by atoms with Gasteiger partial charge in [-0.25, -0.2) is 9.97 Å². The molecule has 0 aliphatic rings. The van der Waals surface area contributed by atoms with Crippen LogP contribution >= 0.6 is 11.8 Å². The monoisotopic (exact) mass is 276 g/mol. The molecule has 0 unspecified atom stereocenters.